The van der Waals surface area contributed by atoms with Crippen LogP contribution in [0, 0.1) is 11.8 Å². The average Bonchev–Trinajstić information content (AvgIpc) is 3.52. The van der Waals surface area contributed by atoms with E-state index in [1.54, 1.807) is 30.4 Å². The first-order chi connectivity index (χ1) is 17.8. The molecule has 3 aliphatic heterocycles. The van der Waals surface area contributed by atoms with E-state index < -0.39 is 41.8 Å². The summed E-state index contributed by atoms with van der Waals surface area (Å²) in [7, 11) is 2.95. The van der Waals surface area contributed by atoms with E-state index in [1.807, 2.05) is 0 Å². The first-order valence-electron chi connectivity index (χ1n) is 12.6. The summed E-state index contributed by atoms with van der Waals surface area (Å²) in [5.41, 5.74) is -0.806. The number of carbonyl (C=O) groups is 3. The molecule has 3 heterocycles. The van der Waals surface area contributed by atoms with Gasteiger partial charge in [-0.1, -0.05) is 54.6 Å². The third-order valence-electron chi connectivity index (χ3n) is 7.94. The van der Waals surface area contributed by atoms with Crippen molar-refractivity contribution >= 4 is 46.6 Å². The molecule has 1 spiro atoms. The number of hydrogen-bond acceptors (Lipinski definition) is 6. The first kappa shape index (κ1) is 26.4. The molecule has 2 saturated heterocycles. The van der Waals surface area contributed by atoms with Crippen molar-refractivity contribution in [2.75, 3.05) is 26.1 Å². The summed E-state index contributed by atoms with van der Waals surface area (Å²) in [6, 6.07) is 3.86. The predicted molar refractivity (Wildman–Crippen MR) is 137 cm³/mol. The van der Waals surface area contributed by atoms with Gasteiger partial charge in [0.1, 0.15) is 11.6 Å². The molecule has 5 atom stereocenters. The summed E-state index contributed by atoms with van der Waals surface area (Å²) in [5.74, 6) is -2.72. The van der Waals surface area contributed by atoms with Gasteiger partial charge in [0.05, 0.1) is 34.5 Å². The van der Waals surface area contributed by atoms with Crippen LogP contribution in [-0.4, -0.2) is 73.5 Å². The van der Waals surface area contributed by atoms with E-state index in [1.165, 1.54) is 19.1 Å². The van der Waals surface area contributed by atoms with Crippen molar-refractivity contribution in [3.8, 4) is 0 Å². The molecule has 1 saturated carbocycles. The number of amides is 3. The lowest BCUT2D eigenvalue weighted by Crippen LogP contribution is -2.57. The minimum Gasteiger partial charge on any atom is -0.359 e. The maximum absolute atomic E-state index is 13.9. The fourth-order valence-electron chi connectivity index (χ4n) is 6.20. The molecule has 200 valence electrons. The van der Waals surface area contributed by atoms with Gasteiger partial charge in [-0.05, 0) is 31.0 Å². The van der Waals surface area contributed by atoms with Crippen molar-refractivity contribution in [3.05, 3.63) is 40.4 Å². The highest BCUT2D eigenvalue weighted by Gasteiger charge is 2.73. The normalized spacial score (nSPS) is 30.7. The number of ether oxygens (including phenoxy) is 3. The van der Waals surface area contributed by atoms with E-state index in [9.17, 15) is 14.4 Å². The van der Waals surface area contributed by atoms with Crippen molar-refractivity contribution in [2.45, 2.75) is 62.2 Å². The Balaban J connectivity index is 1.44. The van der Waals surface area contributed by atoms with E-state index in [0.717, 1.165) is 32.1 Å². The maximum atomic E-state index is 13.9. The monoisotopic (exact) mass is 551 g/mol. The molecule has 3 fully saturated rings. The number of nitrogens with zero attached hydrogens (tertiary/aromatic N) is 1. The summed E-state index contributed by atoms with van der Waals surface area (Å²) in [6.07, 6.45) is 7.23. The number of likely N-dealkylation sites (tertiary alicyclic amines) is 1. The first-order valence-corrected chi connectivity index (χ1v) is 13.3. The van der Waals surface area contributed by atoms with Crippen LogP contribution in [0.3, 0.4) is 0 Å². The average molecular weight is 552 g/mol. The summed E-state index contributed by atoms with van der Waals surface area (Å²) < 4.78 is 17.1. The molecular formula is C26H31Cl2N3O6. The Morgan fingerprint density at radius 2 is 1.86 bits per heavy atom. The van der Waals surface area contributed by atoms with Gasteiger partial charge < -0.3 is 29.7 Å². The molecule has 3 amide bonds. The number of rotatable bonds is 8. The molecule has 9 nitrogen and oxygen atoms in total. The lowest BCUT2D eigenvalue weighted by atomic mass is 9.74. The Hall–Kier alpha value is -2.17. The van der Waals surface area contributed by atoms with Gasteiger partial charge in [-0.25, -0.2) is 0 Å². The molecule has 1 aromatic carbocycles. The van der Waals surface area contributed by atoms with Crippen LogP contribution < -0.4 is 10.6 Å². The van der Waals surface area contributed by atoms with Crippen molar-refractivity contribution in [1.82, 2.24) is 10.2 Å². The Morgan fingerprint density at radius 3 is 2.54 bits per heavy atom. The zero-order valence-electron chi connectivity index (χ0n) is 20.7. The highest BCUT2D eigenvalue weighted by atomic mass is 35.5. The van der Waals surface area contributed by atoms with E-state index >= 15 is 0 Å². The summed E-state index contributed by atoms with van der Waals surface area (Å²) in [4.78, 5) is 42.6. The van der Waals surface area contributed by atoms with Crippen LogP contribution in [-0.2, 0) is 28.6 Å². The van der Waals surface area contributed by atoms with Crippen LogP contribution in [0.25, 0.3) is 0 Å². The van der Waals surface area contributed by atoms with Crippen molar-refractivity contribution in [1.29, 1.82) is 0 Å². The lowest BCUT2D eigenvalue weighted by Gasteiger charge is -2.35. The number of carbonyl (C=O) groups excluding carboxylic acids is 3. The quantitative estimate of drug-likeness (QED) is 0.379. The molecule has 1 aliphatic carbocycles. The zero-order chi connectivity index (χ0) is 26.3. The van der Waals surface area contributed by atoms with Gasteiger partial charge in [-0.3, -0.25) is 14.4 Å². The Morgan fingerprint density at radius 1 is 1.14 bits per heavy atom. The minimum absolute atomic E-state index is 0.0236. The number of anilines is 1. The molecule has 0 aromatic heterocycles. The molecule has 4 aliphatic rings. The molecular weight excluding hydrogens is 521 g/mol. The molecule has 1 aromatic rings. The predicted octanol–water partition coefficient (Wildman–Crippen LogP) is 3.15. The third-order valence-corrected chi connectivity index (χ3v) is 8.67. The second-order valence-corrected chi connectivity index (χ2v) is 10.9. The smallest absolute Gasteiger partial charge is 0.246 e. The fraction of sp³-hybridized carbons (Fsp3) is 0.577. The summed E-state index contributed by atoms with van der Waals surface area (Å²) in [6.45, 7) is 0.0236. The van der Waals surface area contributed by atoms with Crippen molar-refractivity contribution in [3.63, 3.8) is 0 Å². The van der Waals surface area contributed by atoms with E-state index in [2.05, 4.69) is 10.6 Å². The SMILES string of the molecule is COC(CN1C(=O)C2C(C(=O)Nc3ccc(Cl)c(Cl)c3)C3C=CC2(O3)C1C(=O)NC1CCCCC1)OC. The third kappa shape index (κ3) is 4.65. The Labute approximate surface area is 225 Å². The minimum atomic E-state index is -1.26. The number of nitrogens with one attached hydrogen (secondary N) is 2. The van der Waals surface area contributed by atoms with Crippen molar-refractivity contribution < 1.29 is 28.6 Å². The van der Waals surface area contributed by atoms with Crippen LogP contribution in [0.4, 0.5) is 5.69 Å². The van der Waals surface area contributed by atoms with Gasteiger partial charge in [-0.15, -0.1) is 0 Å². The number of fused-ring (bicyclic) bond motifs is 1. The van der Waals surface area contributed by atoms with Crippen LogP contribution in [0.15, 0.2) is 30.4 Å². The second-order valence-electron chi connectivity index (χ2n) is 10.1. The molecule has 11 heteroatoms. The van der Waals surface area contributed by atoms with Gasteiger partial charge in [-0.2, -0.15) is 0 Å². The molecule has 5 rings (SSSR count). The van der Waals surface area contributed by atoms with Crippen LogP contribution >= 0.6 is 23.2 Å². The number of hydrogen-bond donors (Lipinski definition) is 2. The molecule has 2 N–H and O–H groups in total. The van der Waals surface area contributed by atoms with Gasteiger partial charge in [0, 0.05) is 25.9 Å². The number of methoxy groups -OCH3 is 2. The maximum Gasteiger partial charge on any atom is 0.246 e. The van der Waals surface area contributed by atoms with Gasteiger partial charge >= 0.3 is 0 Å². The van der Waals surface area contributed by atoms with Crippen LogP contribution in [0.1, 0.15) is 32.1 Å². The van der Waals surface area contributed by atoms with Crippen LogP contribution in [0.5, 0.6) is 0 Å². The second kappa shape index (κ2) is 10.5. The van der Waals surface area contributed by atoms with Gasteiger partial charge in [0.25, 0.3) is 0 Å². The molecule has 0 radical (unpaired) electrons. The molecule has 37 heavy (non-hydrogen) atoms. The molecule has 5 unspecified atom stereocenters. The Bertz CT molecular complexity index is 1110. The largest absolute Gasteiger partial charge is 0.359 e. The standard InChI is InChI=1S/C26H31Cl2N3O6/c1-35-19(36-2)13-31-22(24(33)29-14-6-4-3-5-7-14)26-11-10-18(37-26)20(21(26)25(31)34)23(32)30-15-8-9-16(27)17(28)12-15/h8-12,14,18-22H,3-7,13H2,1-2H3,(H,29,33)(H,30,32). The van der Waals surface area contributed by atoms with E-state index in [4.69, 9.17) is 37.4 Å². The lowest BCUT2D eigenvalue weighted by molar-refractivity contribution is -0.154. The summed E-state index contributed by atoms with van der Waals surface area (Å²) in [5, 5.41) is 6.65. The van der Waals surface area contributed by atoms with Gasteiger partial charge in [0.2, 0.25) is 17.7 Å². The van der Waals surface area contributed by atoms with Gasteiger partial charge in [0.15, 0.2) is 6.29 Å². The van der Waals surface area contributed by atoms with Crippen molar-refractivity contribution in [2.24, 2.45) is 11.8 Å². The number of halogens is 2. The zero-order valence-corrected chi connectivity index (χ0v) is 22.3. The van der Waals surface area contributed by atoms with E-state index in [-0.39, 0.29) is 24.4 Å². The molecule has 2 bridgehead atoms. The summed E-state index contributed by atoms with van der Waals surface area (Å²) >= 11 is 12.1. The highest BCUT2D eigenvalue weighted by molar-refractivity contribution is 6.42. The topological polar surface area (TPSA) is 106 Å². The van der Waals surface area contributed by atoms with E-state index in [0.29, 0.717) is 15.7 Å². The van der Waals surface area contributed by atoms with Crippen LogP contribution in [0.2, 0.25) is 10.0 Å². The fourth-order valence-corrected chi connectivity index (χ4v) is 6.49. The highest BCUT2D eigenvalue weighted by Crippen LogP contribution is 2.55. The number of benzene rings is 1. The Kier molecular flexibility index (Phi) is 7.53.